The summed E-state index contributed by atoms with van der Waals surface area (Å²) in [6.07, 6.45) is 0.919. The first-order chi connectivity index (χ1) is 19.4. The Labute approximate surface area is 234 Å². The minimum atomic E-state index is -0.575. The van der Waals surface area contributed by atoms with Crippen molar-refractivity contribution in [1.29, 1.82) is 0 Å². The maximum atomic E-state index is 13.9. The number of carbonyl (C=O) groups excluding carboxylic acids is 2. The van der Waals surface area contributed by atoms with E-state index >= 15 is 0 Å². The number of hydrogen-bond donors (Lipinski definition) is 1. The number of rotatable bonds is 8. The number of benzene rings is 3. The van der Waals surface area contributed by atoms with Gasteiger partial charge in [0, 0.05) is 29.3 Å². The lowest BCUT2D eigenvalue weighted by Crippen LogP contribution is -2.36. The molecule has 0 unspecified atom stereocenters. The Morgan fingerprint density at radius 3 is 2.35 bits per heavy atom. The fourth-order valence-electron chi connectivity index (χ4n) is 5.58. The van der Waals surface area contributed by atoms with E-state index in [-0.39, 0.29) is 18.3 Å². The summed E-state index contributed by atoms with van der Waals surface area (Å²) in [5.74, 6) is 1.51. The number of ether oxygens (including phenoxy) is 4. The third-order valence-electron chi connectivity index (χ3n) is 7.37. The van der Waals surface area contributed by atoms with Crippen molar-refractivity contribution in [2.24, 2.45) is 0 Å². The topological polar surface area (TPSA) is 83.1 Å². The molecule has 0 radical (unpaired) electrons. The second kappa shape index (κ2) is 11.7. The van der Waals surface area contributed by atoms with Crippen molar-refractivity contribution in [2.75, 3.05) is 20.8 Å². The highest BCUT2D eigenvalue weighted by Crippen LogP contribution is 2.47. The number of para-hydroxylation sites is 1. The van der Waals surface area contributed by atoms with E-state index < -0.39 is 11.9 Å². The Bertz CT molecular complexity index is 1490. The van der Waals surface area contributed by atoms with E-state index in [2.05, 4.69) is 5.32 Å². The van der Waals surface area contributed by atoms with Crippen LogP contribution in [0.4, 0.5) is 0 Å². The quantitative estimate of drug-likeness (QED) is 0.331. The number of dihydropyridines is 1. The van der Waals surface area contributed by atoms with Gasteiger partial charge in [-0.2, -0.15) is 0 Å². The van der Waals surface area contributed by atoms with Crippen LogP contribution in [0.15, 0.2) is 95.3 Å². The molecule has 7 nitrogen and oxygen atoms in total. The molecule has 0 aromatic heterocycles. The van der Waals surface area contributed by atoms with Crippen molar-refractivity contribution in [2.45, 2.75) is 38.5 Å². The van der Waals surface area contributed by atoms with Crippen molar-refractivity contribution in [3.8, 4) is 23.0 Å². The van der Waals surface area contributed by atoms with Crippen LogP contribution in [0, 0.1) is 0 Å². The summed E-state index contributed by atoms with van der Waals surface area (Å²) in [5, 5.41) is 3.39. The molecular weight excluding hydrogens is 506 g/mol. The highest BCUT2D eigenvalue weighted by Gasteiger charge is 2.41. The highest BCUT2D eigenvalue weighted by molar-refractivity contribution is 6.04. The van der Waals surface area contributed by atoms with Gasteiger partial charge in [-0.3, -0.25) is 4.79 Å². The third-order valence-corrected chi connectivity index (χ3v) is 7.37. The average Bonchev–Trinajstić information content (AvgIpc) is 2.96. The SMILES string of the molecule is CCOC(=O)C1=C(C)NC2=C(C(=O)C[C@@H](c3ccc(OC)c(OC)c3)C2)[C@H]1c1cccc(Oc2ccccc2)c1. The van der Waals surface area contributed by atoms with Gasteiger partial charge < -0.3 is 24.3 Å². The van der Waals surface area contributed by atoms with Gasteiger partial charge in [-0.15, -0.1) is 0 Å². The monoisotopic (exact) mass is 539 g/mol. The summed E-state index contributed by atoms with van der Waals surface area (Å²) in [7, 11) is 3.20. The lowest BCUT2D eigenvalue weighted by molar-refractivity contribution is -0.138. The third kappa shape index (κ3) is 5.32. The van der Waals surface area contributed by atoms with Crippen LogP contribution in [0.25, 0.3) is 0 Å². The van der Waals surface area contributed by atoms with Gasteiger partial charge in [0.25, 0.3) is 0 Å². The fraction of sp³-hybridized carbons (Fsp3) is 0.273. The number of carbonyl (C=O) groups is 2. The van der Waals surface area contributed by atoms with Crippen molar-refractivity contribution in [1.82, 2.24) is 5.32 Å². The smallest absolute Gasteiger partial charge is 0.336 e. The normalized spacial score (nSPS) is 18.6. The molecule has 0 spiro atoms. The second-order valence-electron chi connectivity index (χ2n) is 9.84. The summed E-state index contributed by atoms with van der Waals surface area (Å²) in [6.45, 7) is 3.87. The van der Waals surface area contributed by atoms with E-state index in [1.54, 1.807) is 21.1 Å². The number of ketones is 1. The molecule has 2 atom stereocenters. The summed E-state index contributed by atoms with van der Waals surface area (Å²) in [5.41, 5.74) is 4.32. The molecule has 0 saturated carbocycles. The lowest BCUT2D eigenvalue weighted by atomic mass is 9.71. The molecule has 0 fully saturated rings. The van der Waals surface area contributed by atoms with Crippen LogP contribution in [0.5, 0.6) is 23.0 Å². The molecule has 7 heteroatoms. The van der Waals surface area contributed by atoms with Crippen LogP contribution in [0.2, 0.25) is 0 Å². The molecule has 5 rings (SSSR count). The van der Waals surface area contributed by atoms with Crippen LogP contribution in [0.1, 0.15) is 49.7 Å². The van der Waals surface area contributed by atoms with Gasteiger partial charge in [-0.25, -0.2) is 4.79 Å². The molecule has 0 saturated heterocycles. The number of hydrogen-bond acceptors (Lipinski definition) is 7. The average molecular weight is 540 g/mol. The van der Waals surface area contributed by atoms with Gasteiger partial charge in [0.05, 0.1) is 26.4 Å². The number of Topliss-reactive ketones (excluding diaryl/α,β-unsaturated/α-hetero) is 1. The molecule has 206 valence electrons. The van der Waals surface area contributed by atoms with Gasteiger partial charge in [0.15, 0.2) is 17.3 Å². The van der Waals surface area contributed by atoms with Crippen LogP contribution >= 0.6 is 0 Å². The van der Waals surface area contributed by atoms with E-state index in [1.165, 1.54) is 0 Å². The molecule has 1 aliphatic heterocycles. The van der Waals surface area contributed by atoms with E-state index in [1.807, 2.05) is 79.7 Å². The largest absolute Gasteiger partial charge is 0.493 e. The Morgan fingerprint density at radius 2 is 1.62 bits per heavy atom. The molecule has 3 aromatic rings. The molecule has 0 bridgehead atoms. The number of nitrogens with one attached hydrogen (secondary N) is 1. The van der Waals surface area contributed by atoms with Gasteiger partial charge >= 0.3 is 5.97 Å². The standard InChI is InChI=1S/C33H33NO6/c1-5-39-33(36)30-20(2)34-26-17-23(21-14-15-28(37-3)29(19-21)38-4)18-27(35)32(26)31(30)22-10-9-13-25(16-22)40-24-11-7-6-8-12-24/h6-16,19,23,31,34H,5,17-18H2,1-4H3/t23-,31-/m0/s1. The second-order valence-corrected chi connectivity index (χ2v) is 9.84. The van der Waals surface area contributed by atoms with Crippen molar-refractivity contribution < 1.29 is 28.5 Å². The first-order valence-corrected chi connectivity index (χ1v) is 13.4. The minimum Gasteiger partial charge on any atom is -0.493 e. The molecule has 3 aromatic carbocycles. The Hall–Kier alpha value is -4.52. The molecule has 40 heavy (non-hydrogen) atoms. The number of methoxy groups -OCH3 is 2. The van der Waals surface area contributed by atoms with Crippen molar-refractivity contribution in [3.05, 3.63) is 106 Å². The molecular formula is C33H33NO6. The van der Waals surface area contributed by atoms with Crippen LogP contribution < -0.4 is 19.5 Å². The summed E-state index contributed by atoms with van der Waals surface area (Å²) in [6, 6.07) is 22.8. The van der Waals surface area contributed by atoms with E-state index in [9.17, 15) is 9.59 Å². The first kappa shape index (κ1) is 27.1. The van der Waals surface area contributed by atoms with Gasteiger partial charge in [-0.1, -0.05) is 36.4 Å². The summed E-state index contributed by atoms with van der Waals surface area (Å²) < 4.78 is 22.4. The predicted octanol–water partition coefficient (Wildman–Crippen LogP) is 6.42. The number of allylic oxidation sites excluding steroid dienone is 3. The van der Waals surface area contributed by atoms with Gasteiger partial charge in [0.2, 0.25) is 0 Å². The highest BCUT2D eigenvalue weighted by atomic mass is 16.5. The minimum absolute atomic E-state index is 0.0118. The van der Waals surface area contributed by atoms with Crippen molar-refractivity contribution in [3.63, 3.8) is 0 Å². The number of esters is 1. The molecule has 2 aliphatic rings. The van der Waals surface area contributed by atoms with Crippen LogP contribution in [0.3, 0.4) is 0 Å². The Balaban J connectivity index is 1.55. The maximum Gasteiger partial charge on any atom is 0.336 e. The zero-order chi connectivity index (χ0) is 28.2. The Kier molecular flexibility index (Phi) is 7.91. The maximum absolute atomic E-state index is 13.9. The summed E-state index contributed by atoms with van der Waals surface area (Å²) in [4.78, 5) is 27.2. The predicted molar refractivity (Wildman–Crippen MR) is 152 cm³/mol. The van der Waals surface area contributed by atoms with E-state index in [0.717, 1.165) is 16.8 Å². The van der Waals surface area contributed by atoms with Crippen LogP contribution in [-0.4, -0.2) is 32.6 Å². The first-order valence-electron chi connectivity index (χ1n) is 13.4. The Morgan fingerprint density at radius 1 is 0.875 bits per heavy atom. The molecule has 0 amide bonds. The zero-order valence-corrected chi connectivity index (χ0v) is 23.2. The zero-order valence-electron chi connectivity index (χ0n) is 23.2. The van der Waals surface area contributed by atoms with E-state index in [4.69, 9.17) is 18.9 Å². The molecule has 1 N–H and O–H groups in total. The molecule has 1 heterocycles. The van der Waals surface area contributed by atoms with E-state index in [0.29, 0.717) is 52.7 Å². The van der Waals surface area contributed by atoms with Gasteiger partial charge in [-0.05, 0) is 73.7 Å². The van der Waals surface area contributed by atoms with Crippen molar-refractivity contribution >= 4 is 11.8 Å². The van der Waals surface area contributed by atoms with Gasteiger partial charge in [0.1, 0.15) is 11.5 Å². The molecule has 1 aliphatic carbocycles. The van der Waals surface area contributed by atoms with Crippen LogP contribution in [-0.2, 0) is 14.3 Å². The fourth-order valence-corrected chi connectivity index (χ4v) is 5.58. The lowest BCUT2D eigenvalue weighted by Gasteiger charge is -2.36. The summed E-state index contributed by atoms with van der Waals surface area (Å²) >= 11 is 0.